The molecule has 1 heterocycles. The van der Waals surface area contributed by atoms with Gasteiger partial charge in [0.25, 0.3) is 0 Å². The molecule has 102 valence electrons. The Kier molecular flexibility index (Phi) is 6.65. The zero-order valence-corrected chi connectivity index (χ0v) is 12.0. The number of benzene rings is 1. The van der Waals surface area contributed by atoms with Crippen LogP contribution in [0.4, 0.5) is 0 Å². The molecule has 0 amide bonds. The third kappa shape index (κ3) is 4.25. The number of nitrogens with one attached hydrogen (secondary N) is 1. The minimum absolute atomic E-state index is 0. The summed E-state index contributed by atoms with van der Waals surface area (Å²) < 4.78 is 5.16. The predicted octanol–water partition coefficient (Wildman–Crippen LogP) is 2.05. The van der Waals surface area contributed by atoms with Gasteiger partial charge in [-0.05, 0) is 31.1 Å². The first-order valence-electron chi connectivity index (χ1n) is 6.27. The molecule has 0 saturated carbocycles. The van der Waals surface area contributed by atoms with E-state index in [-0.39, 0.29) is 12.4 Å². The first-order valence-corrected chi connectivity index (χ1v) is 6.27. The van der Waals surface area contributed by atoms with Crippen LogP contribution in [0.5, 0.6) is 0 Å². The maximum absolute atomic E-state index is 5.16. The van der Waals surface area contributed by atoms with Crippen molar-refractivity contribution >= 4 is 12.4 Å². The average Bonchev–Trinajstić information content (AvgIpc) is 2.83. The molecule has 3 nitrogen and oxygen atoms in total. The van der Waals surface area contributed by atoms with Crippen LogP contribution in [0.2, 0.25) is 0 Å². The van der Waals surface area contributed by atoms with E-state index in [4.69, 9.17) is 4.74 Å². The van der Waals surface area contributed by atoms with E-state index in [1.807, 2.05) is 0 Å². The van der Waals surface area contributed by atoms with Crippen molar-refractivity contribution in [3.63, 3.8) is 0 Å². The number of hydrogen-bond donors (Lipinski definition) is 1. The molecular weight excluding hydrogens is 248 g/mol. The fraction of sp³-hybridized carbons (Fsp3) is 0.571. The molecule has 4 heteroatoms. The summed E-state index contributed by atoms with van der Waals surface area (Å²) in [4.78, 5) is 2.44. The summed E-state index contributed by atoms with van der Waals surface area (Å²) in [7, 11) is 3.95. The van der Waals surface area contributed by atoms with Gasteiger partial charge >= 0.3 is 0 Å². The van der Waals surface area contributed by atoms with Gasteiger partial charge in [0.15, 0.2) is 0 Å². The quantitative estimate of drug-likeness (QED) is 0.886. The van der Waals surface area contributed by atoms with E-state index in [0.717, 1.165) is 19.6 Å². The Hall–Kier alpha value is -0.610. The minimum atomic E-state index is 0. The van der Waals surface area contributed by atoms with Gasteiger partial charge in [-0.3, -0.25) is 4.90 Å². The first kappa shape index (κ1) is 15.4. The molecule has 1 aromatic carbocycles. The highest BCUT2D eigenvalue weighted by atomic mass is 35.5. The summed E-state index contributed by atoms with van der Waals surface area (Å²) in [6, 6.07) is 9.34. The Morgan fingerprint density at radius 2 is 2.17 bits per heavy atom. The summed E-state index contributed by atoms with van der Waals surface area (Å²) >= 11 is 0. The van der Waals surface area contributed by atoms with Crippen LogP contribution in [0.1, 0.15) is 17.5 Å². The lowest BCUT2D eigenvalue weighted by molar-refractivity contribution is 0.184. The molecule has 0 aliphatic carbocycles. The van der Waals surface area contributed by atoms with Crippen molar-refractivity contribution < 1.29 is 4.74 Å². The largest absolute Gasteiger partial charge is 0.380 e. The number of hydrogen-bond acceptors (Lipinski definition) is 3. The molecule has 0 aromatic heterocycles. The maximum Gasteiger partial charge on any atom is 0.0713 e. The topological polar surface area (TPSA) is 24.5 Å². The lowest BCUT2D eigenvalue weighted by Gasteiger charge is -2.23. The Labute approximate surface area is 116 Å². The van der Waals surface area contributed by atoms with Crippen LogP contribution in [0.3, 0.4) is 0 Å². The van der Waals surface area contributed by atoms with E-state index in [1.165, 1.54) is 17.5 Å². The lowest BCUT2D eigenvalue weighted by atomic mass is 10.1. The maximum atomic E-state index is 5.16. The first-order chi connectivity index (χ1) is 8.29. The van der Waals surface area contributed by atoms with Crippen molar-refractivity contribution in [2.45, 2.75) is 25.6 Å². The molecule has 1 aromatic rings. The summed E-state index contributed by atoms with van der Waals surface area (Å²) in [6.07, 6.45) is 1.26. The van der Waals surface area contributed by atoms with Gasteiger partial charge in [0.1, 0.15) is 0 Å². The van der Waals surface area contributed by atoms with Gasteiger partial charge in [0.2, 0.25) is 0 Å². The van der Waals surface area contributed by atoms with E-state index in [0.29, 0.717) is 12.6 Å². The fourth-order valence-corrected chi connectivity index (χ4v) is 2.42. The van der Waals surface area contributed by atoms with Crippen molar-refractivity contribution in [2.75, 3.05) is 27.2 Å². The van der Waals surface area contributed by atoms with Gasteiger partial charge in [-0.15, -0.1) is 12.4 Å². The summed E-state index contributed by atoms with van der Waals surface area (Å²) in [5.41, 5.74) is 2.62. The zero-order valence-electron chi connectivity index (χ0n) is 11.2. The second-order valence-electron chi connectivity index (χ2n) is 4.81. The second-order valence-corrected chi connectivity index (χ2v) is 4.81. The van der Waals surface area contributed by atoms with Crippen LogP contribution in [-0.4, -0.2) is 38.2 Å². The Morgan fingerprint density at radius 3 is 2.83 bits per heavy atom. The van der Waals surface area contributed by atoms with Crippen molar-refractivity contribution in [2.24, 2.45) is 0 Å². The monoisotopic (exact) mass is 270 g/mol. The highest BCUT2D eigenvalue weighted by molar-refractivity contribution is 5.85. The Bertz CT molecular complexity index is 353. The molecule has 18 heavy (non-hydrogen) atoms. The van der Waals surface area contributed by atoms with Crippen LogP contribution in [0, 0.1) is 0 Å². The van der Waals surface area contributed by atoms with Crippen LogP contribution >= 0.6 is 12.4 Å². The van der Waals surface area contributed by atoms with Gasteiger partial charge in [-0.2, -0.15) is 0 Å². The molecule has 0 radical (unpaired) electrons. The predicted molar refractivity (Wildman–Crippen MR) is 77.1 cm³/mol. The molecule has 1 N–H and O–H groups in total. The number of ether oxygens (including phenoxy) is 1. The molecule has 1 aliphatic rings. The van der Waals surface area contributed by atoms with E-state index in [2.05, 4.69) is 41.5 Å². The van der Waals surface area contributed by atoms with E-state index in [9.17, 15) is 0 Å². The lowest BCUT2D eigenvalue weighted by Crippen LogP contribution is -2.32. The smallest absolute Gasteiger partial charge is 0.0713 e. The molecular formula is C14H23ClN2O. The number of likely N-dealkylation sites (N-methyl/N-ethyl adjacent to an activating group) is 1. The van der Waals surface area contributed by atoms with E-state index < -0.39 is 0 Å². The number of rotatable bonds is 5. The summed E-state index contributed by atoms with van der Waals surface area (Å²) in [5.74, 6) is 0. The Morgan fingerprint density at radius 1 is 1.39 bits per heavy atom. The molecule has 0 bridgehead atoms. The summed E-state index contributed by atoms with van der Waals surface area (Å²) in [5, 5.41) is 3.41. The molecule has 1 saturated heterocycles. The normalized spacial score (nSPS) is 18.9. The van der Waals surface area contributed by atoms with Crippen LogP contribution in [0.25, 0.3) is 0 Å². The number of halogens is 1. The third-order valence-electron chi connectivity index (χ3n) is 3.39. The standard InChI is InChI=1S/C14H22N2O.ClH/c1-16(14-6-7-15-9-14)10-12-4-3-5-13(8-12)11-17-2;/h3-5,8,14-15H,6-7,9-11H2,1-2H3;1H. The highest BCUT2D eigenvalue weighted by Gasteiger charge is 2.18. The highest BCUT2D eigenvalue weighted by Crippen LogP contribution is 2.13. The minimum Gasteiger partial charge on any atom is -0.380 e. The van der Waals surface area contributed by atoms with E-state index in [1.54, 1.807) is 7.11 Å². The molecule has 0 spiro atoms. The van der Waals surface area contributed by atoms with Crippen LogP contribution in [0.15, 0.2) is 24.3 Å². The third-order valence-corrected chi connectivity index (χ3v) is 3.39. The number of nitrogens with zero attached hydrogens (tertiary/aromatic N) is 1. The van der Waals surface area contributed by atoms with Crippen LogP contribution in [-0.2, 0) is 17.9 Å². The van der Waals surface area contributed by atoms with Gasteiger partial charge in [-0.25, -0.2) is 0 Å². The molecule has 1 fully saturated rings. The molecule has 1 unspecified atom stereocenters. The van der Waals surface area contributed by atoms with Crippen molar-refractivity contribution in [3.8, 4) is 0 Å². The SMILES string of the molecule is COCc1cccc(CN(C)C2CCNC2)c1.Cl. The summed E-state index contributed by atoms with van der Waals surface area (Å²) in [6.45, 7) is 3.99. The number of methoxy groups -OCH3 is 1. The van der Waals surface area contributed by atoms with Crippen LogP contribution < -0.4 is 5.32 Å². The van der Waals surface area contributed by atoms with Gasteiger partial charge in [0.05, 0.1) is 6.61 Å². The fourth-order valence-electron chi connectivity index (χ4n) is 2.42. The van der Waals surface area contributed by atoms with Gasteiger partial charge in [0, 0.05) is 26.2 Å². The Balaban J connectivity index is 0.00000162. The van der Waals surface area contributed by atoms with Crippen molar-refractivity contribution in [1.82, 2.24) is 10.2 Å². The molecule has 1 aliphatic heterocycles. The van der Waals surface area contributed by atoms with Crippen molar-refractivity contribution in [1.29, 1.82) is 0 Å². The van der Waals surface area contributed by atoms with E-state index >= 15 is 0 Å². The second kappa shape index (κ2) is 7.74. The zero-order chi connectivity index (χ0) is 12.1. The van der Waals surface area contributed by atoms with Gasteiger partial charge < -0.3 is 10.1 Å². The molecule has 1 atom stereocenters. The van der Waals surface area contributed by atoms with Gasteiger partial charge in [-0.1, -0.05) is 24.3 Å². The average molecular weight is 271 g/mol. The molecule has 2 rings (SSSR count). The van der Waals surface area contributed by atoms with Crippen molar-refractivity contribution in [3.05, 3.63) is 35.4 Å².